The van der Waals surface area contributed by atoms with Crippen molar-refractivity contribution in [1.29, 1.82) is 0 Å². The molecule has 0 saturated carbocycles. The molecular formula is C14H16F2O3. The van der Waals surface area contributed by atoms with E-state index in [0.717, 1.165) is 12.1 Å². The van der Waals surface area contributed by atoms with Crippen LogP contribution in [0, 0.1) is 11.6 Å². The number of ether oxygens (including phenoxy) is 2. The predicted octanol–water partition coefficient (Wildman–Crippen LogP) is 2.27. The maximum atomic E-state index is 13.1. The number of Topliss-reactive ketones (excluding diaryl/α,β-unsaturated/α-hetero) is 1. The zero-order valence-electron chi connectivity index (χ0n) is 10.7. The fourth-order valence-corrected chi connectivity index (χ4v) is 2.29. The van der Waals surface area contributed by atoms with Crippen LogP contribution in [0.15, 0.2) is 18.2 Å². The number of rotatable bonds is 4. The number of carbonyl (C=O) groups excluding carboxylic acids is 1. The van der Waals surface area contributed by atoms with Crippen LogP contribution in [0.3, 0.4) is 0 Å². The fraction of sp³-hybridized carbons (Fsp3) is 0.500. The number of methoxy groups -OCH3 is 1. The lowest BCUT2D eigenvalue weighted by Gasteiger charge is -2.34. The Morgan fingerprint density at radius 1 is 1.32 bits per heavy atom. The first kappa shape index (κ1) is 14.1. The van der Waals surface area contributed by atoms with E-state index in [-0.39, 0.29) is 12.2 Å². The second kappa shape index (κ2) is 5.75. The Kier molecular flexibility index (Phi) is 4.27. The van der Waals surface area contributed by atoms with Crippen LogP contribution in [0.25, 0.3) is 0 Å². The van der Waals surface area contributed by atoms with Crippen LogP contribution in [0.5, 0.6) is 0 Å². The number of carbonyl (C=O) groups is 1. The van der Waals surface area contributed by atoms with E-state index in [2.05, 4.69) is 0 Å². The van der Waals surface area contributed by atoms with Crippen molar-refractivity contribution < 1.29 is 23.0 Å². The van der Waals surface area contributed by atoms with Gasteiger partial charge in [-0.3, -0.25) is 4.79 Å². The van der Waals surface area contributed by atoms with Gasteiger partial charge in [-0.15, -0.1) is 0 Å². The Morgan fingerprint density at radius 3 is 2.58 bits per heavy atom. The van der Waals surface area contributed by atoms with Gasteiger partial charge in [-0.1, -0.05) is 6.07 Å². The Bertz CT molecular complexity index is 468. The third-order valence-electron chi connectivity index (χ3n) is 3.55. The normalized spacial score (nSPS) is 18.3. The summed E-state index contributed by atoms with van der Waals surface area (Å²) < 4.78 is 36.5. The summed E-state index contributed by atoms with van der Waals surface area (Å²) in [5, 5.41) is 0. The van der Waals surface area contributed by atoms with Crippen molar-refractivity contribution in [3.63, 3.8) is 0 Å². The van der Waals surface area contributed by atoms with Crippen LogP contribution in [-0.4, -0.2) is 31.7 Å². The second-order valence-electron chi connectivity index (χ2n) is 4.66. The van der Waals surface area contributed by atoms with Gasteiger partial charge in [0.25, 0.3) is 0 Å². The van der Waals surface area contributed by atoms with Crippen LogP contribution in [-0.2, 0) is 20.7 Å². The van der Waals surface area contributed by atoms with Crippen LogP contribution in [0.2, 0.25) is 0 Å². The average Bonchev–Trinajstić information content (AvgIpc) is 2.43. The Morgan fingerprint density at radius 2 is 2.00 bits per heavy atom. The molecular weight excluding hydrogens is 254 g/mol. The minimum Gasteiger partial charge on any atom is -0.381 e. The lowest BCUT2D eigenvalue weighted by Crippen LogP contribution is -2.46. The maximum absolute atomic E-state index is 13.1. The van der Waals surface area contributed by atoms with Crippen molar-refractivity contribution in [2.75, 3.05) is 20.3 Å². The molecule has 1 fully saturated rings. The van der Waals surface area contributed by atoms with Gasteiger partial charge in [0.1, 0.15) is 5.60 Å². The van der Waals surface area contributed by atoms with Gasteiger partial charge in [0.15, 0.2) is 17.4 Å². The lowest BCUT2D eigenvalue weighted by atomic mass is 9.86. The predicted molar refractivity (Wildman–Crippen MR) is 64.9 cm³/mol. The first-order chi connectivity index (χ1) is 9.07. The average molecular weight is 270 g/mol. The molecule has 2 rings (SSSR count). The van der Waals surface area contributed by atoms with E-state index in [1.165, 1.54) is 13.2 Å². The molecule has 3 nitrogen and oxygen atoms in total. The molecule has 0 N–H and O–H groups in total. The smallest absolute Gasteiger partial charge is 0.169 e. The highest BCUT2D eigenvalue weighted by molar-refractivity contribution is 5.89. The number of hydrogen-bond donors (Lipinski definition) is 0. The van der Waals surface area contributed by atoms with Crippen molar-refractivity contribution >= 4 is 5.78 Å². The van der Waals surface area contributed by atoms with Crippen LogP contribution in [0.1, 0.15) is 18.4 Å². The Labute approximate surface area is 110 Å². The summed E-state index contributed by atoms with van der Waals surface area (Å²) in [6.45, 7) is 0.939. The van der Waals surface area contributed by atoms with Crippen molar-refractivity contribution in [3.05, 3.63) is 35.4 Å². The Balaban J connectivity index is 2.12. The molecule has 0 aliphatic carbocycles. The van der Waals surface area contributed by atoms with Gasteiger partial charge < -0.3 is 9.47 Å². The fourth-order valence-electron chi connectivity index (χ4n) is 2.29. The quantitative estimate of drug-likeness (QED) is 0.842. The number of halogens is 2. The molecule has 1 saturated heterocycles. The SMILES string of the molecule is COC1(C(=O)Cc2ccc(F)c(F)c2)CCOCC1. The summed E-state index contributed by atoms with van der Waals surface area (Å²) >= 11 is 0. The van der Waals surface area contributed by atoms with Crippen molar-refractivity contribution in [3.8, 4) is 0 Å². The van der Waals surface area contributed by atoms with Gasteiger partial charge in [-0.05, 0) is 17.7 Å². The zero-order chi connectivity index (χ0) is 13.9. The lowest BCUT2D eigenvalue weighted by molar-refractivity contribution is -0.151. The molecule has 0 aromatic heterocycles. The summed E-state index contributed by atoms with van der Waals surface area (Å²) in [5.41, 5.74) is -0.407. The molecule has 1 aliphatic rings. The number of ketones is 1. The van der Waals surface area contributed by atoms with Crippen molar-refractivity contribution in [1.82, 2.24) is 0 Å². The first-order valence-electron chi connectivity index (χ1n) is 6.17. The summed E-state index contributed by atoms with van der Waals surface area (Å²) in [5.74, 6) is -1.98. The highest BCUT2D eigenvalue weighted by Gasteiger charge is 2.39. The molecule has 5 heteroatoms. The molecule has 104 valence electrons. The molecule has 1 aromatic carbocycles. The van der Waals surface area contributed by atoms with E-state index < -0.39 is 17.2 Å². The highest BCUT2D eigenvalue weighted by Crippen LogP contribution is 2.27. The van der Waals surface area contributed by atoms with Crippen molar-refractivity contribution in [2.24, 2.45) is 0 Å². The summed E-state index contributed by atoms with van der Waals surface area (Å²) in [6, 6.07) is 3.50. The summed E-state index contributed by atoms with van der Waals surface area (Å²) in [7, 11) is 1.49. The number of hydrogen-bond acceptors (Lipinski definition) is 3. The topological polar surface area (TPSA) is 35.5 Å². The molecule has 0 radical (unpaired) electrons. The van der Waals surface area contributed by atoms with E-state index >= 15 is 0 Å². The van der Waals surface area contributed by atoms with E-state index in [9.17, 15) is 13.6 Å². The molecule has 0 atom stereocenters. The van der Waals surface area contributed by atoms with Gasteiger partial charge in [0.2, 0.25) is 0 Å². The molecule has 1 aliphatic heterocycles. The van der Waals surface area contributed by atoms with Gasteiger partial charge in [0.05, 0.1) is 0 Å². The zero-order valence-corrected chi connectivity index (χ0v) is 10.7. The summed E-state index contributed by atoms with van der Waals surface area (Å²) in [4.78, 5) is 12.3. The minimum atomic E-state index is -0.941. The van der Waals surface area contributed by atoms with E-state index in [1.54, 1.807) is 0 Å². The third-order valence-corrected chi connectivity index (χ3v) is 3.55. The van der Waals surface area contributed by atoms with Crippen LogP contribution < -0.4 is 0 Å². The molecule has 1 aromatic rings. The molecule has 19 heavy (non-hydrogen) atoms. The molecule has 1 heterocycles. The highest BCUT2D eigenvalue weighted by atomic mass is 19.2. The van der Waals surface area contributed by atoms with Gasteiger partial charge in [0, 0.05) is 39.6 Å². The van der Waals surface area contributed by atoms with Gasteiger partial charge in [-0.2, -0.15) is 0 Å². The molecule has 0 spiro atoms. The van der Waals surface area contributed by atoms with Crippen molar-refractivity contribution in [2.45, 2.75) is 24.9 Å². The maximum Gasteiger partial charge on any atom is 0.169 e. The minimum absolute atomic E-state index is 0.0328. The number of benzene rings is 1. The van der Waals surface area contributed by atoms with E-state index in [1.807, 2.05) is 0 Å². The summed E-state index contributed by atoms with van der Waals surface area (Å²) in [6.07, 6.45) is 1.02. The molecule has 0 bridgehead atoms. The van der Waals surface area contributed by atoms with Gasteiger partial charge >= 0.3 is 0 Å². The molecule has 0 unspecified atom stereocenters. The largest absolute Gasteiger partial charge is 0.381 e. The molecule has 0 amide bonds. The standard InChI is InChI=1S/C14H16F2O3/c1-18-14(4-6-19-7-5-14)13(17)9-10-2-3-11(15)12(16)8-10/h2-3,8H,4-7,9H2,1H3. The third kappa shape index (κ3) is 2.98. The van der Waals surface area contributed by atoms with E-state index in [4.69, 9.17) is 9.47 Å². The second-order valence-corrected chi connectivity index (χ2v) is 4.66. The Hall–Kier alpha value is -1.33. The van der Waals surface area contributed by atoms with Crippen LogP contribution in [0.4, 0.5) is 8.78 Å². The van der Waals surface area contributed by atoms with E-state index in [0.29, 0.717) is 31.6 Å². The van der Waals surface area contributed by atoms with Crippen LogP contribution >= 0.6 is 0 Å². The first-order valence-corrected chi connectivity index (χ1v) is 6.17. The monoisotopic (exact) mass is 270 g/mol. The van der Waals surface area contributed by atoms with Gasteiger partial charge in [-0.25, -0.2) is 8.78 Å².